The summed E-state index contributed by atoms with van der Waals surface area (Å²) in [5.41, 5.74) is 0.608. The van der Waals surface area contributed by atoms with Gasteiger partial charge in [-0.3, -0.25) is 0 Å². The fourth-order valence-corrected chi connectivity index (χ4v) is 4.46. The number of nitrogens with one attached hydrogen (secondary N) is 1. The van der Waals surface area contributed by atoms with Gasteiger partial charge in [0.05, 0.1) is 11.5 Å². The third kappa shape index (κ3) is 4.21. The highest BCUT2D eigenvalue weighted by molar-refractivity contribution is 7.99. The van der Waals surface area contributed by atoms with Gasteiger partial charge in [-0.25, -0.2) is 13.1 Å². The molecule has 0 saturated carbocycles. The van der Waals surface area contributed by atoms with Crippen LogP contribution >= 0.6 is 11.8 Å². The molecule has 1 fully saturated rings. The van der Waals surface area contributed by atoms with Crippen molar-refractivity contribution in [3.05, 3.63) is 29.8 Å². The van der Waals surface area contributed by atoms with Gasteiger partial charge >= 0.3 is 0 Å². The fourth-order valence-electron chi connectivity index (χ4n) is 2.07. The molecule has 0 aromatic heterocycles. The normalized spacial score (nSPS) is 17.5. The van der Waals surface area contributed by atoms with Gasteiger partial charge in [0.15, 0.2) is 0 Å². The minimum Gasteiger partial charge on any atom is -0.392 e. The number of sulfonamides is 1. The highest BCUT2D eigenvalue weighted by Gasteiger charge is 2.19. The minimum absolute atomic E-state index is 0.150. The summed E-state index contributed by atoms with van der Waals surface area (Å²) < 4.78 is 27.0. The Bertz CT molecular complexity index is 510. The lowest BCUT2D eigenvalue weighted by Crippen LogP contribution is -2.31. The number of benzene rings is 1. The molecule has 1 aliphatic heterocycles. The van der Waals surface area contributed by atoms with E-state index in [1.165, 1.54) is 6.07 Å². The van der Waals surface area contributed by atoms with Crippen molar-refractivity contribution >= 4 is 21.8 Å². The maximum absolute atomic E-state index is 12.1. The van der Waals surface area contributed by atoms with Crippen LogP contribution in [0, 0.1) is 5.92 Å². The molecule has 1 aromatic carbocycles. The van der Waals surface area contributed by atoms with Crippen molar-refractivity contribution in [2.75, 3.05) is 18.1 Å². The maximum atomic E-state index is 12.1. The molecule has 0 radical (unpaired) electrons. The van der Waals surface area contributed by atoms with Gasteiger partial charge in [0.1, 0.15) is 0 Å². The summed E-state index contributed by atoms with van der Waals surface area (Å²) in [6.07, 6.45) is 2.15. The second-order valence-electron chi connectivity index (χ2n) is 4.71. The van der Waals surface area contributed by atoms with E-state index in [4.69, 9.17) is 5.11 Å². The van der Waals surface area contributed by atoms with Crippen LogP contribution in [0.3, 0.4) is 0 Å². The number of aliphatic hydroxyl groups is 1. The van der Waals surface area contributed by atoms with Crippen molar-refractivity contribution in [3.63, 3.8) is 0 Å². The van der Waals surface area contributed by atoms with Crippen LogP contribution in [-0.4, -0.2) is 31.6 Å². The van der Waals surface area contributed by atoms with Crippen LogP contribution in [0.15, 0.2) is 29.2 Å². The molecular formula is C13H19NO3S2. The Morgan fingerprint density at radius 1 is 1.32 bits per heavy atom. The monoisotopic (exact) mass is 301 g/mol. The van der Waals surface area contributed by atoms with E-state index in [0.717, 1.165) is 24.3 Å². The average molecular weight is 301 g/mol. The van der Waals surface area contributed by atoms with Gasteiger partial charge in [0.25, 0.3) is 0 Å². The van der Waals surface area contributed by atoms with Crippen molar-refractivity contribution in [2.24, 2.45) is 5.92 Å². The fraction of sp³-hybridized carbons (Fsp3) is 0.538. The van der Waals surface area contributed by atoms with E-state index in [-0.39, 0.29) is 11.5 Å². The predicted molar refractivity (Wildman–Crippen MR) is 77.6 cm³/mol. The predicted octanol–water partition coefficient (Wildman–Crippen LogP) is 1.60. The third-order valence-electron chi connectivity index (χ3n) is 3.29. The molecule has 106 valence electrons. The molecule has 0 aliphatic carbocycles. The highest BCUT2D eigenvalue weighted by atomic mass is 32.2. The van der Waals surface area contributed by atoms with Gasteiger partial charge in [-0.2, -0.15) is 11.8 Å². The summed E-state index contributed by atoms with van der Waals surface area (Å²) in [6.45, 7) is 0.357. The average Bonchev–Trinajstić information content (AvgIpc) is 2.46. The van der Waals surface area contributed by atoms with Crippen molar-refractivity contribution < 1.29 is 13.5 Å². The molecule has 19 heavy (non-hydrogen) atoms. The van der Waals surface area contributed by atoms with Crippen LogP contribution in [0.4, 0.5) is 0 Å². The quantitative estimate of drug-likeness (QED) is 0.867. The maximum Gasteiger partial charge on any atom is 0.240 e. The van der Waals surface area contributed by atoms with Gasteiger partial charge in [0, 0.05) is 6.54 Å². The SMILES string of the molecule is O=S(=O)(NCC1CCSCC1)c1cccc(CO)c1. The van der Waals surface area contributed by atoms with Gasteiger partial charge in [-0.1, -0.05) is 12.1 Å². The zero-order chi connectivity index (χ0) is 13.7. The summed E-state index contributed by atoms with van der Waals surface area (Å²) in [6, 6.07) is 6.42. The summed E-state index contributed by atoms with van der Waals surface area (Å²) in [5.74, 6) is 2.68. The molecule has 1 saturated heterocycles. The van der Waals surface area contributed by atoms with Crippen LogP contribution in [-0.2, 0) is 16.6 Å². The molecule has 0 spiro atoms. The molecule has 0 unspecified atom stereocenters. The molecule has 2 rings (SSSR count). The van der Waals surface area contributed by atoms with E-state index in [9.17, 15) is 8.42 Å². The van der Waals surface area contributed by atoms with Crippen molar-refractivity contribution in [2.45, 2.75) is 24.3 Å². The first-order valence-electron chi connectivity index (χ1n) is 6.39. The molecular weight excluding hydrogens is 282 g/mol. The molecule has 0 amide bonds. The highest BCUT2D eigenvalue weighted by Crippen LogP contribution is 2.22. The van der Waals surface area contributed by atoms with Gasteiger partial charge in [0.2, 0.25) is 10.0 Å². The van der Waals surface area contributed by atoms with Gasteiger partial charge < -0.3 is 5.11 Å². The Morgan fingerprint density at radius 2 is 2.05 bits per heavy atom. The van der Waals surface area contributed by atoms with Crippen LogP contribution < -0.4 is 4.72 Å². The number of hydrogen-bond acceptors (Lipinski definition) is 4. The van der Waals surface area contributed by atoms with E-state index in [1.54, 1.807) is 18.2 Å². The first-order chi connectivity index (χ1) is 9.12. The van der Waals surface area contributed by atoms with Gasteiger partial charge in [-0.05, 0) is 48.0 Å². The Kier molecular flexibility index (Phi) is 5.27. The Hall–Kier alpha value is -0.560. The Morgan fingerprint density at radius 3 is 2.74 bits per heavy atom. The number of hydrogen-bond donors (Lipinski definition) is 2. The molecule has 6 heteroatoms. The molecule has 2 N–H and O–H groups in total. The standard InChI is InChI=1S/C13H19NO3S2/c15-10-12-2-1-3-13(8-12)19(16,17)14-9-11-4-6-18-7-5-11/h1-3,8,11,14-15H,4-7,9-10H2. The number of thioether (sulfide) groups is 1. The summed E-state index contributed by atoms with van der Waals surface area (Å²) in [7, 11) is -3.46. The summed E-state index contributed by atoms with van der Waals surface area (Å²) in [5, 5.41) is 9.04. The van der Waals surface area contributed by atoms with E-state index in [1.807, 2.05) is 11.8 Å². The van der Waals surface area contributed by atoms with Gasteiger partial charge in [-0.15, -0.1) is 0 Å². The number of rotatable bonds is 5. The summed E-state index contributed by atoms with van der Waals surface area (Å²) in [4.78, 5) is 0.226. The number of aliphatic hydroxyl groups excluding tert-OH is 1. The molecule has 0 bridgehead atoms. The molecule has 4 nitrogen and oxygen atoms in total. The first kappa shape index (κ1) is 14.8. The van der Waals surface area contributed by atoms with Crippen LogP contribution in [0.1, 0.15) is 18.4 Å². The second kappa shape index (κ2) is 6.74. The Balaban J connectivity index is 2.00. The van der Waals surface area contributed by atoms with Crippen LogP contribution in [0.5, 0.6) is 0 Å². The lowest BCUT2D eigenvalue weighted by Gasteiger charge is -2.21. The zero-order valence-electron chi connectivity index (χ0n) is 10.7. The van der Waals surface area contributed by atoms with E-state index < -0.39 is 10.0 Å². The lowest BCUT2D eigenvalue weighted by atomic mass is 10.0. The third-order valence-corrected chi connectivity index (χ3v) is 5.76. The van der Waals surface area contributed by atoms with Crippen molar-refractivity contribution in [1.82, 2.24) is 4.72 Å². The zero-order valence-corrected chi connectivity index (χ0v) is 12.3. The molecule has 0 atom stereocenters. The van der Waals surface area contributed by atoms with Crippen LogP contribution in [0.2, 0.25) is 0 Å². The van der Waals surface area contributed by atoms with E-state index >= 15 is 0 Å². The van der Waals surface area contributed by atoms with Crippen LogP contribution in [0.25, 0.3) is 0 Å². The van der Waals surface area contributed by atoms with Crippen molar-refractivity contribution in [3.8, 4) is 0 Å². The molecule has 1 heterocycles. The van der Waals surface area contributed by atoms with Crippen molar-refractivity contribution in [1.29, 1.82) is 0 Å². The van der Waals surface area contributed by atoms with E-state index in [2.05, 4.69) is 4.72 Å². The molecule has 1 aliphatic rings. The van der Waals surface area contributed by atoms with E-state index in [0.29, 0.717) is 18.0 Å². The summed E-state index contributed by atoms with van der Waals surface area (Å²) >= 11 is 1.93. The molecule has 1 aromatic rings. The largest absolute Gasteiger partial charge is 0.392 e. The first-order valence-corrected chi connectivity index (χ1v) is 9.03. The minimum atomic E-state index is -3.46. The smallest absolute Gasteiger partial charge is 0.240 e. The lowest BCUT2D eigenvalue weighted by molar-refractivity contribution is 0.281. The topological polar surface area (TPSA) is 66.4 Å². The second-order valence-corrected chi connectivity index (χ2v) is 7.70. The Labute approximate surface area is 118 Å².